The summed E-state index contributed by atoms with van der Waals surface area (Å²) in [6, 6.07) is 16.1. The van der Waals surface area contributed by atoms with E-state index in [1.807, 2.05) is 30.3 Å². The summed E-state index contributed by atoms with van der Waals surface area (Å²) in [5.41, 5.74) is 8.18. The smallest absolute Gasteiger partial charge is 0.148 e. The van der Waals surface area contributed by atoms with E-state index in [9.17, 15) is 4.39 Å². The van der Waals surface area contributed by atoms with Gasteiger partial charge in [-0.15, -0.1) is 0 Å². The number of hydrogen-bond donors (Lipinski definition) is 1. The van der Waals surface area contributed by atoms with E-state index in [4.69, 9.17) is 5.73 Å². The molecule has 0 radical (unpaired) electrons. The number of anilines is 1. The summed E-state index contributed by atoms with van der Waals surface area (Å²) in [4.78, 5) is 0. The number of para-hydroxylation sites is 1. The van der Waals surface area contributed by atoms with Crippen LogP contribution in [0.25, 0.3) is 16.8 Å². The van der Waals surface area contributed by atoms with Gasteiger partial charge in [-0.1, -0.05) is 42.5 Å². The van der Waals surface area contributed by atoms with Crippen molar-refractivity contribution in [2.75, 3.05) is 5.73 Å². The minimum absolute atomic E-state index is 0.349. The van der Waals surface area contributed by atoms with Gasteiger partial charge in [0.15, 0.2) is 0 Å². The molecule has 3 aromatic rings. The van der Waals surface area contributed by atoms with Gasteiger partial charge in [0.05, 0.1) is 6.20 Å². The summed E-state index contributed by atoms with van der Waals surface area (Å²) in [6.45, 7) is 0. The van der Waals surface area contributed by atoms with E-state index >= 15 is 0 Å². The monoisotopic (exact) mass is 253 g/mol. The molecular weight excluding hydrogens is 241 g/mol. The molecule has 0 aliphatic heterocycles. The molecule has 0 saturated heterocycles. The van der Waals surface area contributed by atoms with Crippen molar-refractivity contribution in [2.24, 2.45) is 0 Å². The summed E-state index contributed by atoms with van der Waals surface area (Å²) >= 11 is 0. The first-order valence-electron chi connectivity index (χ1n) is 5.91. The Kier molecular flexibility index (Phi) is 2.76. The summed E-state index contributed by atoms with van der Waals surface area (Å²) < 4.78 is 15.2. The number of nitrogens with zero attached hydrogens (tertiary/aromatic N) is 2. The second kappa shape index (κ2) is 4.57. The van der Waals surface area contributed by atoms with Crippen molar-refractivity contribution in [1.29, 1.82) is 0 Å². The lowest BCUT2D eigenvalue weighted by atomic mass is 10.1. The van der Waals surface area contributed by atoms with Crippen LogP contribution in [0.15, 0.2) is 60.8 Å². The highest BCUT2D eigenvalue weighted by molar-refractivity contribution is 5.74. The van der Waals surface area contributed by atoms with Crippen LogP contribution in [0.2, 0.25) is 0 Å². The second-order valence-corrected chi connectivity index (χ2v) is 4.17. The molecule has 0 fully saturated rings. The van der Waals surface area contributed by atoms with Gasteiger partial charge in [-0.05, 0) is 17.7 Å². The molecule has 0 saturated carbocycles. The number of hydrogen-bond acceptors (Lipinski definition) is 2. The van der Waals surface area contributed by atoms with Crippen molar-refractivity contribution < 1.29 is 4.39 Å². The van der Waals surface area contributed by atoms with Crippen LogP contribution in [-0.2, 0) is 0 Å². The molecule has 1 heterocycles. The lowest BCUT2D eigenvalue weighted by molar-refractivity contribution is 0.612. The van der Waals surface area contributed by atoms with Crippen LogP contribution in [0, 0.1) is 5.82 Å². The van der Waals surface area contributed by atoms with Crippen molar-refractivity contribution in [3.05, 3.63) is 66.6 Å². The molecule has 94 valence electrons. The maximum absolute atomic E-state index is 13.8. The SMILES string of the molecule is Nc1c(-c2ccccc2)cnn1-c1ccccc1F. The third-order valence-corrected chi connectivity index (χ3v) is 2.97. The van der Waals surface area contributed by atoms with Crippen molar-refractivity contribution >= 4 is 5.82 Å². The van der Waals surface area contributed by atoms with Crippen LogP contribution in [0.5, 0.6) is 0 Å². The molecule has 4 heteroatoms. The van der Waals surface area contributed by atoms with E-state index in [0.717, 1.165) is 11.1 Å². The highest BCUT2D eigenvalue weighted by Gasteiger charge is 2.12. The average molecular weight is 253 g/mol. The lowest BCUT2D eigenvalue weighted by Gasteiger charge is -2.06. The van der Waals surface area contributed by atoms with Gasteiger partial charge in [-0.3, -0.25) is 0 Å². The van der Waals surface area contributed by atoms with Gasteiger partial charge < -0.3 is 5.73 Å². The van der Waals surface area contributed by atoms with Crippen LogP contribution < -0.4 is 5.73 Å². The molecule has 3 nitrogen and oxygen atoms in total. The quantitative estimate of drug-likeness (QED) is 0.761. The number of rotatable bonds is 2. The Morgan fingerprint density at radius 2 is 1.63 bits per heavy atom. The highest BCUT2D eigenvalue weighted by Crippen LogP contribution is 2.27. The van der Waals surface area contributed by atoms with Crippen LogP contribution in [-0.4, -0.2) is 9.78 Å². The minimum atomic E-state index is -0.350. The fourth-order valence-electron chi connectivity index (χ4n) is 2.01. The lowest BCUT2D eigenvalue weighted by Crippen LogP contribution is -2.04. The molecule has 0 aliphatic rings. The molecule has 1 aromatic heterocycles. The topological polar surface area (TPSA) is 43.8 Å². The van der Waals surface area contributed by atoms with E-state index in [-0.39, 0.29) is 5.82 Å². The number of nitrogen functional groups attached to an aromatic ring is 1. The van der Waals surface area contributed by atoms with Gasteiger partial charge in [0.25, 0.3) is 0 Å². The molecule has 0 bridgehead atoms. The molecule has 0 atom stereocenters. The molecule has 3 rings (SSSR count). The fourth-order valence-corrected chi connectivity index (χ4v) is 2.01. The van der Waals surface area contributed by atoms with Gasteiger partial charge in [0, 0.05) is 5.56 Å². The summed E-state index contributed by atoms with van der Waals surface area (Å²) in [5, 5.41) is 4.17. The maximum Gasteiger partial charge on any atom is 0.148 e. The Bertz CT molecular complexity index is 704. The number of aromatic nitrogens is 2. The van der Waals surface area contributed by atoms with Crippen LogP contribution in [0.4, 0.5) is 10.2 Å². The van der Waals surface area contributed by atoms with E-state index in [0.29, 0.717) is 11.5 Å². The maximum atomic E-state index is 13.8. The van der Waals surface area contributed by atoms with Crippen molar-refractivity contribution in [1.82, 2.24) is 9.78 Å². The Morgan fingerprint density at radius 1 is 0.947 bits per heavy atom. The van der Waals surface area contributed by atoms with E-state index in [2.05, 4.69) is 5.10 Å². The molecule has 19 heavy (non-hydrogen) atoms. The normalized spacial score (nSPS) is 10.6. The number of benzene rings is 2. The zero-order chi connectivity index (χ0) is 13.2. The first kappa shape index (κ1) is 11.5. The zero-order valence-electron chi connectivity index (χ0n) is 10.1. The predicted octanol–water partition coefficient (Wildman–Crippen LogP) is 3.26. The van der Waals surface area contributed by atoms with Crippen LogP contribution in [0.3, 0.4) is 0 Å². The van der Waals surface area contributed by atoms with E-state index in [1.54, 1.807) is 24.4 Å². The molecule has 2 aromatic carbocycles. The minimum Gasteiger partial charge on any atom is -0.383 e. The fraction of sp³-hybridized carbons (Fsp3) is 0. The standard InChI is InChI=1S/C15H12FN3/c16-13-8-4-5-9-14(13)19-15(17)12(10-18-19)11-6-2-1-3-7-11/h1-10H,17H2. The summed E-state index contributed by atoms with van der Waals surface area (Å²) in [6.07, 6.45) is 1.65. The summed E-state index contributed by atoms with van der Waals surface area (Å²) in [7, 11) is 0. The third-order valence-electron chi connectivity index (χ3n) is 2.97. The predicted molar refractivity (Wildman–Crippen MR) is 73.4 cm³/mol. The van der Waals surface area contributed by atoms with Crippen LogP contribution >= 0.6 is 0 Å². The van der Waals surface area contributed by atoms with Crippen molar-refractivity contribution in [3.8, 4) is 16.8 Å². The molecular formula is C15H12FN3. The zero-order valence-corrected chi connectivity index (χ0v) is 10.1. The van der Waals surface area contributed by atoms with E-state index in [1.165, 1.54) is 10.7 Å². The first-order valence-corrected chi connectivity index (χ1v) is 5.91. The van der Waals surface area contributed by atoms with Gasteiger partial charge in [0.1, 0.15) is 17.3 Å². The van der Waals surface area contributed by atoms with Crippen molar-refractivity contribution in [3.63, 3.8) is 0 Å². The Balaban J connectivity index is 2.12. The van der Waals surface area contributed by atoms with Gasteiger partial charge in [0.2, 0.25) is 0 Å². The second-order valence-electron chi connectivity index (χ2n) is 4.17. The Labute approximate surface area is 110 Å². The molecule has 0 unspecified atom stereocenters. The highest BCUT2D eigenvalue weighted by atomic mass is 19.1. The Morgan fingerprint density at radius 3 is 2.37 bits per heavy atom. The number of halogens is 1. The molecule has 0 spiro atoms. The summed E-state index contributed by atoms with van der Waals surface area (Å²) in [5.74, 6) is 0.0770. The third kappa shape index (κ3) is 1.97. The molecule has 0 aliphatic carbocycles. The number of nitrogens with two attached hydrogens (primary N) is 1. The Hall–Kier alpha value is -2.62. The van der Waals surface area contributed by atoms with Crippen molar-refractivity contribution in [2.45, 2.75) is 0 Å². The van der Waals surface area contributed by atoms with Gasteiger partial charge in [-0.25, -0.2) is 9.07 Å². The van der Waals surface area contributed by atoms with Crippen LogP contribution in [0.1, 0.15) is 0 Å². The average Bonchev–Trinajstić information content (AvgIpc) is 2.82. The van der Waals surface area contributed by atoms with Gasteiger partial charge >= 0.3 is 0 Å². The molecule has 2 N–H and O–H groups in total. The van der Waals surface area contributed by atoms with E-state index < -0.39 is 0 Å². The van der Waals surface area contributed by atoms with Gasteiger partial charge in [-0.2, -0.15) is 5.10 Å². The molecule has 0 amide bonds. The first-order chi connectivity index (χ1) is 9.27. The largest absolute Gasteiger partial charge is 0.383 e.